The highest BCUT2D eigenvalue weighted by atomic mass is 35.5. The molecule has 20 heavy (non-hydrogen) atoms. The Labute approximate surface area is 125 Å². The molecule has 106 valence electrons. The van der Waals surface area contributed by atoms with Gasteiger partial charge in [-0.3, -0.25) is 0 Å². The van der Waals surface area contributed by atoms with Crippen molar-refractivity contribution in [1.82, 2.24) is 0 Å². The van der Waals surface area contributed by atoms with E-state index in [1.807, 2.05) is 6.07 Å². The Kier molecular flexibility index (Phi) is 5.60. The molecule has 0 aliphatic rings. The zero-order chi connectivity index (χ0) is 14.4. The number of aryl methyl sites for hydroxylation is 1. The molecule has 2 aromatic carbocycles. The molecule has 0 heterocycles. The lowest BCUT2D eigenvalue weighted by atomic mass is 10.0. The second-order valence-corrected chi connectivity index (χ2v) is 5.64. The van der Waals surface area contributed by atoms with Crippen molar-refractivity contribution in [3.8, 4) is 0 Å². The van der Waals surface area contributed by atoms with Crippen LogP contribution in [0, 0.1) is 5.82 Å². The van der Waals surface area contributed by atoms with Crippen molar-refractivity contribution in [1.29, 1.82) is 0 Å². The van der Waals surface area contributed by atoms with E-state index in [2.05, 4.69) is 31.2 Å². The molecule has 0 saturated heterocycles. The van der Waals surface area contributed by atoms with Gasteiger partial charge in [0.15, 0.2) is 0 Å². The Morgan fingerprint density at radius 3 is 2.40 bits per heavy atom. The first-order valence-electron chi connectivity index (χ1n) is 7.17. The summed E-state index contributed by atoms with van der Waals surface area (Å²) in [5.74, 6) is -0.183. The summed E-state index contributed by atoms with van der Waals surface area (Å²) >= 11 is 6.40. The molecule has 0 aliphatic heterocycles. The average molecular weight is 291 g/mol. The van der Waals surface area contributed by atoms with Crippen LogP contribution in [0.3, 0.4) is 0 Å². The molecule has 0 radical (unpaired) electrons. The SMILES string of the molecule is CCCCc1ccc(C(Cl)Cc2ccccc2F)cc1. The zero-order valence-corrected chi connectivity index (χ0v) is 12.5. The molecule has 1 unspecified atom stereocenters. The second-order valence-electron chi connectivity index (χ2n) is 5.11. The van der Waals surface area contributed by atoms with Crippen LogP contribution in [0.15, 0.2) is 48.5 Å². The van der Waals surface area contributed by atoms with Crippen LogP contribution in [-0.2, 0) is 12.8 Å². The highest BCUT2D eigenvalue weighted by Gasteiger charge is 2.11. The van der Waals surface area contributed by atoms with Crippen LogP contribution in [0.25, 0.3) is 0 Å². The van der Waals surface area contributed by atoms with Gasteiger partial charge in [-0.1, -0.05) is 55.8 Å². The molecular formula is C18H20ClF. The normalized spacial score (nSPS) is 12.3. The minimum Gasteiger partial charge on any atom is -0.207 e. The Morgan fingerprint density at radius 1 is 1.05 bits per heavy atom. The lowest BCUT2D eigenvalue weighted by Gasteiger charge is -2.11. The fourth-order valence-corrected chi connectivity index (χ4v) is 2.56. The van der Waals surface area contributed by atoms with E-state index in [1.165, 1.54) is 24.5 Å². The first kappa shape index (κ1) is 15.1. The molecule has 0 aromatic heterocycles. The molecular weight excluding hydrogens is 271 g/mol. The molecule has 2 heteroatoms. The number of hydrogen-bond acceptors (Lipinski definition) is 0. The minimum atomic E-state index is -0.188. The maximum Gasteiger partial charge on any atom is 0.126 e. The topological polar surface area (TPSA) is 0 Å². The molecule has 0 N–H and O–H groups in total. The summed E-state index contributed by atoms with van der Waals surface area (Å²) in [6.07, 6.45) is 4.03. The smallest absolute Gasteiger partial charge is 0.126 e. The molecule has 0 bridgehead atoms. The van der Waals surface area contributed by atoms with Crippen LogP contribution in [0.5, 0.6) is 0 Å². The van der Waals surface area contributed by atoms with Crippen LogP contribution in [0.2, 0.25) is 0 Å². The van der Waals surface area contributed by atoms with Gasteiger partial charge in [-0.2, -0.15) is 0 Å². The molecule has 0 saturated carbocycles. The van der Waals surface area contributed by atoms with Gasteiger partial charge in [-0.15, -0.1) is 11.6 Å². The van der Waals surface area contributed by atoms with E-state index in [0.29, 0.717) is 12.0 Å². The first-order valence-corrected chi connectivity index (χ1v) is 7.60. The van der Waals surface area contributed by atoms with Crippen LogP contribution >= 0.6 is 11.6 Å². The third-order valence-electron chi connectivity index (χ3n) is 3.52. The van der Waals surface area contributed by atoms with Crippen molar-refractivity contribution in [2.24, 2.45) is 0 Å². The van der Waals surface area contributed by atoms with E-state index >= 15 is 0 Å². The van der Waals surface area contributed by atoms with E-state index in [4.69, 9.17) is 11.6 Å². The molecule has 2 rings (SSSR count). The van der Waals surface area contributed by atoms with Crippen molar-refractivity contribution in [3.05, 3.63) is 71.0 Å². The summed E-state index contributed by atoms with van der Waals surface area (Å²) in [5, 5.41) is -0.188. The molecule has 0 aliphatic carbocycles. The Balaban J connectivity index is 2.02. The highest BCUT2D eigenvalue weighted by molar-refractivity contribution is 6.20. The van der Waals surface area contributed by atoms with E-state index in [1.54, 1.807) is 12.1 Å². The average Bonchev–Trinajstić information content (AvgIpc) is 2.48. The largest absolute Gasteiger partial charge is 0.207 e. The van der Waals surface area contributed by atoms with Gasteiger partial charge in [-0.05, 0) is 42.0 Å². The van der Waals surface area contributed by atoms with E-state index in [9.17, 15) is 4.39 Å². The summed E-state index contributed by atoms with van der Waals surface area (Å²) in [7, 11) is 0. The second kappa shape index (κ2) is 7.44. The lowest BCUT2D eigenvalue weighted by Crippen LogP contribution is -1.98. The van der Waals surface area contributed by atoms with Crippen molar-refractivity contribution in [2.45, 2.75) is 38.0 Å². The predicted octanol–water partition coefficient (Wildman–Crippen LogP) is 5.69. The number of hydrogen-bond donors (Lipinski definition) is 0. The zero-order valence-electron chi connectivity index (χ0n) is 11.8. The molecule has 0 nitrogen and oxygen atoms in total. The number of halogens is 2. The number of rotatable bonds is 6. The Hall–Kier alpha value is -1.34. The standard InChI is InChI=1S/C18H20ClF/c1-2-3-6-14-9-11-15(12-10-14)17(19)13-16-7-4-5-8-18(16)20/h4-5,7-12,17H,2-3,6,13H2,1H3. The summed E-state index contributed by atoms with van der Waals surface area (Å²) in [5.41, 5.74) is 3.06. The van der Waals surface area contributed by atoms with Crippen molar-refractivity contribution in [3.63, 3.8) is 0 Å². The van der Waals surface area contributed by atoms with Gasteiger partial charge < -0.3 is 0 Å². The van der Waals surface area contributed by atoms with Crippen LogP contribution in [-0.4, -0.2) is 0 Å². The lowest BCUT2D eigenvalue weighted by molar-refractivity contribution is 0.607. The Bertz CT molecular complexity index is 533. The summed E-state index contributed by atoms with van der Waals surface area (Å²) < 4.78 is 13.6. The number of unbranched alkanes of at least 4 members (excludes halogenated alkanes) is 1. The maximum atomic E-state index is 13.6. The summed E-state index contributed by atoms with van der Waals surface area (Å²) in [6, 6.07) is 15.2. The van der Waals surface area contributed by atoms with Gasteiger partial charge in [0.1, 0.15) is 5.82 Å². The van der Waals surface area contributed by atoms with Gasteiger partial charge in [0.25, 0.3) is 0 Å². The highest BCUT2D eigenvalue weighted by Crippen LogP contribution is 2.26. The number of alkyl halides is 1. The van der Waals surface area contributed by atoms with Crippen LogP contribution in [0.4, 0.5) is 4.39 Å². The molecule has 0 amide bonds. The van der Waals surface area contributed by atoms with Gasteiger partial charge in [0.05, 0.1) is 5.38 Å². The third kappa shape index (κ3) is 4.08. The van der Waals surface area contributed by atoms with Crippen LogP contribution < -0.4 is 0 Å². The van der Waals surface area contributed by atoms with Gasteiger partial charge in [-0.25, -0.2) is 4.39 Å². The monoisotopic (exact) mass is 290 g/mol. The molecule has 2 aromatic rings. The number of benzene rings is 2. The first-order chi connectivity index (χ1) is 9.70. The maximum absolute atomic E-state index is 13.6. The Morgan fingerprint density at radius 2 is 1.75 bits per heavy atom. The summed E-state index contributed by atoms with van der Waals surface area (Å²) in [6.45, 7) is 2.19. The van der Waals surface area contributed by atoms with Gasteiger partial charge in [0.2, 0.25) is 0 Å². The van der Waals surface area contributed by atoms with Crippen molar-refractivity contribution >= 4 is 11.6 Å². The van der Waals surface area contributed by atoms with Gasteiger partial charge in [0, 0.05) is 0 Å². The van der Waals surface area contributed by atoms with E-state index < -0.39 is 0 Å². The quantitative estimate of drug-likeness (QED) is 0.599. The van der Waals surface area contributed by atoms with E-state index in [0.717, 1.165) is 12.0 Å². The fraction of sp³-hybridized carbons (Fsp3) is 0.333. The third-order valence-corrected chi connectivity index (χ3v) is 3.92. The molecule has 1 atom stereocenters. The fourth-order valence-electron chi connectivity index (χ4n) is 2.25. The van der Waals surface area contributed by atoms with Crippen molar-refractivity contribution < 1.29 is 4.39 Å². The predicted molar refractivity (Wildman–Crippen MR) is 83.8 cm³/mol. The summed E-state index contributed by atoms with van der Waals surface area (Å²) in [4.78, 5) is 0. The molecule has 0 fully saturated rings. The van der Waals surface area contributed by atoms with E-state index in [-0.39, 0.29) is 11.2 Å². The molecule has 0 spiro atoms. The van der Waals surface area contributed by atoms with Crippen molar-refractivity contribution in [2.75, 3.05) is 0 Å². The minimum absolute atomic E-state index is 0.183. The van der Waals surface area contributed by atoms with Crippen LogP contribution in [0.1, 0.15) is 41.8 Å². The van der Waals surface area contributed by atoms with Gasteiger partial charge >= 0.3 is 0 Å².